The molecule has 108 valence electrons. The molecule has 1 N–H and O–H groups in total. The topological polar surface area (TPSA) is 52.0 Å². The van der Waals surface area contributed by atoms with Crippen LogP contribution in [0.25, 0.3) is 0 Å². The summed E-state index contributed by atoms with van der Waals surface area (Å²) in [6, 6.07) is 8.51. The molecule has 0 bridgehead atoms. The lowest BCUT2D eigenvalue weighted by atomic mass is 10.0. The van der Waals surface area contributed by atoms with E-state index in [-0.39, 0.29) is 6.04 Å². The largest absolute Gasteiger partial charge is 0.496 e. The number of nitrogens with zero attached hydrogens (tertiary/aromatic N) is 3. The number of methoxy groups -OCH3 is 1. The van der Waals surface area contributed by atoms with Crippen molar-refractivity contribution in [3.8, 4) is 5.75 Å². The van der Waals surface area contributed by atoms with Crippen LogP contribution in [0.3, 0.4) is 0 Å². The van der Waals surface area contributed by atoms with Crippen LogP contribution in [0.5, 0.6) is 5.75 Å². The highest BCUT2D eigenvalue weighted by Crippen LogP contribution is 2.27. The Morgan fingerprint density at radius 3 is 2.70 bits per heavy atom. The van der Waals surface area contributed by atoms with Crippen molar-refractivity contribution in [2.24, 2.45) is 0 Å². The van der Waals surface area contributed by atoms with E-state index in [1.807, 2.05) is 29.9 Å². The SMILES string of the molecule is CNC(Cc1ncnn1C(C)C)c1ccccc1OC. The number of benzene rings is 1. The van der Waals surface area contributed by atoms with Gasteiger partial charge in [-0.3, -0.25) is 0 Å². The van der Waals surface area contributed by atoms with E-state index in [0.29, 0.717) is 6.04 Å². The monoisotopic (exact) mass is 274 g/mol. The van der Waals surface area contributed by atoms with Crippen LogP contribution in [0.15, 0.2) is 30.6 Å². The molecule has 0 amide bonds. The molecule has 0 radical (unpaired) electrons. The summed E-state index contributed by atoms with van der Waals surface area (Å²) in [6.07, 6.45) is 2.39. The Morgan fingerprint density at radius 1 is 1.30 bits per heavy atom. The van der Waals surface area contributed by atoms with E-state index in [4.69, 9.17) is 4.74 Å². The van der Waals surface area contributed by atoms with Crippen molar-refractivity contribution >= 4 is 0 Å². The molecule has 1 atom stereocenters. The molecule has 0 spiro atoms. The van der Waals surface area contributed by atoms with Crippen LogP contribution in [0.4, 0.5) is 0 Å². The minimum absolute atomic E-state index is 0.146. The molecule has 1 unspecified atom stereocenters. The van der Waals surface area contributed by atoms with Gasteiger partial charge in [0.2, 0.25) is 0 Å². The van der Waals surface area contributed by atoms with Crippen molar-refractivity contribution < 1.29 is 4.74 Å². The van der Waals surface area contributed by atoms with Crippen molar-refractivity contribution in [2.45, 2.75) is 32.4 Å². The summed E-state index contributed by atoms with van der Waals surface area (Å²) in [5, 5.41) is 7.62. The Bertz CT molecular complexity index is 550. The smallest absolute Gasteiger partial charge is 0.138 e. The number of hydrogen-bond acceptors (Lipinski definition) is 4. The number of likely N-dealkylation sites (N-methyl/N-ethyl adjacent to an activating group) is 1. The first kappa shape index (κ1) is 14.5. The maximum atomic E-state index is 5.44. The Hall–Kier alpha value is -1.88. The first-order valence-electron chi connectivity index (χ1n) is 6.86. The third kappa shape index (κ3) is 2.99. The predicted octanol–water partition coefficient (Wildman–Crippen LogP) is 2.37. The van der Waals surface area contributed by atoms with Gasteiger partial charge in [-0.2, -0.15) is 5.10 Å². The zero-order valence-electron chi connectivity index (χ0n) is 12.5. The van der Waals surface area contributed by atoms with Gasteiger partial charge in [0.15, 0.2) is 0 Å². The summed E-state index contributed by atoms with van der Waals surface area (Å²) in [5.74, 6) is 1.87. The van der Waals surface area contributed by atoms with Crippen LogP contribution in [0.1, 0.15) is 37.3 Å². The summed E-state index contributed by atoms with van der Waals surface area (Å²) in [6.45, 7) is 4.21. The molecule has 0 saturated carbocycles. The van der Waals surface area contributed by atoms with Gasteiger partial charge in [0.05, 0.1) is 7.11 Å². The molecule has 1 heterocycles. The number of ether oxygens (including phenoxy) is 1. The van der Waals surface area contributed by atoms with Gasteiger partial charge in [0.1, 0.15) is 17.9 Å². The lowest BCUT2D eigenvalue weighted by molar-refractivity contribution is 0.398. The predicted molar refractivity (Wildman–Crippen MR) is 78.9 cm³/mol. The van der Waals surface area contributed by atoms with Gasteiger partial charge in [-0.1, -0.05) is 18.2 Å². The molecule has 0 aliphatic heterocycles. The Kier molecular flexibility index (Phi) is 4.74. The fraction of sp³-hybridized carbons (Fsp3) is 0.467. The molecule has 0 aliphatic carbocycles. The Balaban J connectivity index is 2.27. The third-order valence-corrected chi connectivity index (χ3v) is 3.39. The normalized spacial score (nSPS) is 12.7. The van der Waals surface area contributed by atoms with Gasteiger partial charge in [-0.25, -0.2) is 9.67 Å². The van der Waals surface area contributed by atoms with Crippen molar-refractivity contribution in [1.82, 2.24) is 20.1 Å². The van der Waals surface area contributed by atoms with Gasteiger partial charge >= 0.3 is 0 Å². The van der Waals surface area contributed by atoms with Crippen molar-refractivity contribution in [1.29, 1.82) is 0 Å². The Labute approximate surface area is 120 Å². The molecular weight excluding hydrogens is 252 g/mol. The lowest BCUT2D eigenvalue weighted by Crippen LogP contribution is -2.22. The first-order valence-corrected chi connectivity index (χ1v) is 6.86. The number of para-hydroxylation sites is 1. The van der Waals surface area contributed by atoms with Crippen LogP contribution in [-0.4, -0.2) is 28.9 Å². The molecule has 0 aliphatic rings. The van der Waals surface area contributed by atoms with Crippen LogP contribution >= 0.6 is 0 Å². The molecule has 20 heavy (non-hydrogen) atoms. The molecule has 0 saturated heterocycles. The highest BCUT2D eigenvalue weighted by atomic mass is 16.5. The summed E-state index contributed by atoms with van der Waals surface area (Å²) >= 11 is 0. The molecular formula is C15H22N4O. The minimum atomic E-state index is 0.146. The zero-order valence-corrected chi connectivity index (χ0v) is 12.5. The van der Waals surface area contributed by atoms with Gasteiger partial charge in [-0.05, 0) is 27.0 Å². The first-order chi connectivity index (χ1) is 9.67. The number of rotatable bonds is 6. The van der Waals surface area contributed by atoms with Crippen LogP contribution in [0.2, 0.25) is 0 Å². The van der Waals surface area contributed by atoms with E-state index in [2.05, 4.69) is 35.3 Å². The van der Waals surface area contributed by atoms with E-state index in [1.54, 1.807) is 13.4 Å². The number of aromatic nitrogens is 3. The lowest BCUT2D eigenvalue weighted by Gasteiger charge is -2.20. The van der Waals surface area contributed by atoms with E-state index < -0.39 is 0 Å². The zero-order chi connectivity index (χ0) is 14.5. The van der Waals surface area contributed by atoms with Crippen LogP contribution < -0.4 is 10.1 Å². The molecule has 1 aromatic heterocycles. The molecule has 2 rings (SSSR count). The minimum Gasteiger partial charge on any atom is -0.496 e. The second-order valence-electron chi connectivity index (χ2n) is 5.00. The van der Waals surface area contributed by atoms with Gasteiger partial charge in [0.25, 0.3) is 0 Å². The quantitative estimate of drug-likeness (QED) is 0.878. The average molecular weight is 274 g/mol. The van der Waals surface area contributed by atoms with Crippen molar-refractivity contribution in [2.75, 3.05) is 14.2 Å². The Morgan fingerprint density at radius 2 is 2.05 bits per heavy atom. The fourth-order valence-corrected chi connectivity index (χ4v) is 2.36. The van der Waals surface area contributed by atoms with E-state index >= 15 is 0 Å². The molecule has 5 nitrogen and oxygen atoms in total. The standard InChI is InChI=1S/C15H22N4O/c1-11(2)19-15(17-10-18-19)9-13(16-3)12-7-5-6-8-14(12)20-4/h5-8,10-11,13,16H,9H2,1-4H3. The molecule has 0 fully saturated rings. The molecule has 5 heteroatoms. The fourth-order valence-electron chi connectivity index (χ4n) is 2.36. The maximum Gasteiger partial charge on any atom is 0.138 e. The van der Waals surface area contributed by atoms with E-state index in [0.717, 1.165) is 23.6 Å². The van der Waals surface area contributed by atoms with Gasteiger partial charge < -0.3 is 10.1 Å². The third-order valence-electron chi connectivity index (χ3n) is 3.39. The highest BCUT2D eigenvalue weighted by Gasteiger charge is 2.18. The second kappa shape index (κ2) is 6.52. The average Bonchev–Trinajstić information content (AvgIpc) is 2.93. The molecule has 1 aromatic carbocycles. The van der Waals surface area contributed by atoms with E-state index in [9.17, 15) is 0 Å². The van der Waals surface area contributed by atoms with Crippen LogP contribution in [-0.2, 0) is 6.42 Å². The summed E-state index contributed by atoms with van der Waals surface area (Å²) in [7, 11) is 3.65. The van der Waals surface area contributed by atoms with Crippen molar-refractivity contribution in [3.63, 3.8) is 0 Å². The highest BCUT2D eigenvalue weighted by molar-refractivity contribution is 5.36. The summed E-state index contributed by atoms with van der Waals surface area (Å²) in [4.78, 5) is 4.38. The second-order valence-corrected chi connectivity index (χ2v) is 5.00. The number of nitrogens with one attached hydrogen (secondary N) is 1. The summed E-state index contributed by atoms with van der Waals surface area (Å²) < 4.78 is 7.40. The van der Waals surface area contributed by atoms with Gasteiger partial charge in [-0.15, -0.1) is 0 Å². The van der Waals surface area contributed by atoms with E-state index in [1.165, 1.54) is 0 Å². The van der Waals surface area contributed by atoms with Gasteiger partial charge in [0, 0.05) is 24.1 Å². The number of hydrogen-bond donors (Lipinski definition) is 1. The van der Waals surface area contributed by atoms with Crippen molar-refractivity contribution in [3.05, 3.63) is 42.0 Å². The molecule has 2 aromatic rings. The summed E-state index contributed by atoms with van der Waals surface area (Å²) in [5.41, 5.74) is 1.14. The van der Waals surface area contributed by atoms with Crippen LogP contribution in [0, 0.1) is 0 Å². The maximum absolute atomic E-state index is 5.44.